The minimum Gasteiger partial charge on any atom is -0.309 e. The number of hydrogen-bond acceptors (Lipinski definition) is 3. The van der Waals surface area contributed by atoms with Gasteiger partial charge in [-0.25, -0.2) is 9.97 Å². The second-order valence-corrected chi connectivity index (χ2v) is 6.38. The summed E-state index contributed by atoms with van der Waals surface area (Å²) in [7, 11) is 2.03. The monoisotopic (exact) mass is 343 g/mol. The van der Waals surface area contributed by atoms with Crippen LogP contribution in [0.5, 0.6) is 0 Å². The molecule has 0 radical (unpaired) electrons. The van der Waals surface area contributed by atoms with E-state index in [1.54, 1.807) is 6.20 Å². The van der Waals surface area contributed by atoms with E-state index in [2.05, 4.69) is 17.2 Å². The molecule has 1 N–H and O–H groups in total. The van der Waals surface area contributed by atoms with E-state index in [4.69, 9.17) is 4.98 Å². The zero-order valence-corrected chi connectivity index (χ0v) is 15.2. The van der Waals surface area contributed by atoms with Gasteiger partial charge in [0.25, 0.3) is 0 Å². The lowest BCUT2D eigenvalue weighted by molar-refractivity contribution is -0.115. The fourth-order valence-electron chi connectivity index (χ4n) is 2.76. The Morgan fingerprint density at radius 3 is 2.50 bits per heavy atom. The molecular weight excluding hydrogens is 321 g/mol. The second kappa shape index (κ2) is 8.43. The van der Waals surface area contributed by atoms with E-state index >= 15 is 0 Å². The van der Waals surface area contributed by atoms with Crippen molar-refractivity contribution in [1.29, 1.82) is 0 Å². The number of anilines is 1. The number of nitrogens with one attached hydrogen (secondary N) is 1. The van der Waals surface area contributed by atoms with E-state index in [9.17, 15) is 4.79 Å². The van der Waals surface area contributed by atoms with E-state index in [0.717, 1.165) is 35.4 Å². The lowest BCUT2D eigenvalue weighted by atomic mass is 9.95. The van der Waals surface area contributed by atoms with Crippen molar-refractivity contribution < 1.29 is 4.79 Å². The van der Waals surface area contributed by atoms with E-state index in [1.165, 1.54) is 5.46 Å². The first kappa shape index (κ1) is 17.9. The van der Waals surface area contributed by atoms with E-state index in [0.29, 0.717) is 12.2 Å². The summed E-state index contributed by atoms with van der Waals surface area (Å²) in [5.74, 6) is 0.483. The summed E-state index contributed by atoms with van der Waals surface area (Å²) in [6.07, 6.45) is 3.76. The molecule has 3 rings (SSSR count). The molecule has 1 aromatic heterocycles. The normalized spacial score (nSPS) is 10.5. The van der Waals surface area contributed by atoms with Gasteiger partial charge in [0.2, 0.25) is 5.91 Å². The van der Waals surface area contributed by atoms with Crippen molar-refractivity contribution in [3.8, 4) is 11.3 Å². The molecule has 0 atom stereocenters. The number of aryl methyl sites for hydroxylation is 1. The van der Waals surface area contributed by atoms with Gasteiger partial charge in [0.15, 0.2) is 5.82 Å². The van der Waals surface area contributed by atoms with Gasteiger partial charge in [-0.2, -0.15) is 0 Å². The predicted octanol–water partition coefficient (Wildman–Crippen LogP) is 2.54. The van der Waals surface area contributed by atoms with Crippen LogP contribution in [0.1, 0.15) is 24.6 Å². The molecule has 0 fully saturated rings. The minimum absolute atomic E-state index is 0.0760. The van der Waals surface area contributed by atoms with Crippen molar-refractivity contribution >= 4 is 25.0 Å². The highest BCUT2D eigenvalue weighted by molar-refractivity contribution is 6.32. The van der Waals surface area contributed by atoms with E-state index < -0.39 is 0 Å². The zero-order valence-electron chi connectivity index (χ0n) is 15.2. The van der Waals surface area contributed by atoms with Crippen LogP contribution in [0.25, 0.3) is 11.3 Å². The summed E-state index contributed by atoms with van der Waals surface area (Å²) in [5, 5.41) is 2.92. The SMILES string of the molecule is Bc1ccc(CC(=O)Nc2ncc(-c3ccccc3)nc2CCC)cc1. The molecule has 26 heavy (non-hydrogen) atoms. The van der Waals surface area contributed by atoms with Gasteiger partial charge in [-0.05, 0) is 12.0 Å². The maximum Gasteiger partial charge on any atom is 0.229 e. The van der Waals surface area contributed by atoms with Crippen LogP contribution in [-0.4, -0.2) is 23.7 Å². The smallest absolute Gasteiger partial charge is 0.229 e. The molecule has 0 aliphatic rings. The highest BCUT2D eigenvalue weighted by atomic mass is 16.1. The summed E-state index contributed by atoms with van der Waals surface area (Å²) in [6, 6.07) is 17.9. The fourth-order valence-corrected chi connectivity index (χ4v) is 2.76. The molecule has 0 bridgehead atoms. The molecule has 1 heterocycles. The summed E-state index contributed by atoms with van der Waals surface area (Å²) in [4.78, 5) is 21.6. The lowest BCUT2D eigenvalue weighted by Gasteiger charge is -2.11. The number of carbonyl (C=O) groups excluding carboxylic acids is 1. The highest BCUT2D eigenvalue weighted by Crippen LogP contribution is 2.20. The van der Waals surface area contributed by atoms with Gasteiger partial charge in [-0.15, -0.1) is 0 Å². The molecule has 4 nitrogen and oxygen atoms in total. The van der Waals surface area contributed by atoms with Gasteiger partial charge in [-0.1, -0.05) is 73.4 Å². The van der Waals surface area contributed by atoms with Gasteiger partial charge in [-0.3, -0.25) is 4.79 Å². The van der Waals surface area contributed by atoms with Crippen molar-refractivity contribution in [2.45, 2.75) is 26.2 Å². The average molecular weight is 343 g/mol. The van der Waals surface area contributed by atoms with Crippen LogP contribution in [0.3, 0.4) is 0 Å². The molecule has 0 saturated heterocycles. The lowest BCUT2D eigenvalue weighted by Crippen LogP contribution is -2.18. The third-order valence-electron chi connectivity index (χ3n) is 4.14. The maximum absolute atomic E-state index is 12.4. The molecule has 0 unspecified atom stereocenters. The molecule has 5 heteroatoms. The number of amides is 1. The number of nitrogens with zero attached hydrogens (tertiary/aromatic N) is 2. The zero-order chi connectivity index (χ0) is 18.4. The van der Waals surface area contributed by atoms with Gasteiger partial charge in [0, 0.05) is 5.56 Å². The van der Waals surface area contributed by atoms with Crippen LogP contribution in [0.2, 0.25) is 0 Å². The number of aromatic nitrogens is 2. The molecule has 2 aromatic carbocycles. The van der Waals surface area contributed by atoms with Crippen molar-refractivity contribution in [1.82, 2.24) is 9.97 Å². The molecule has 0 aliphatic heterocycles. The quantitative estimate of drug-likeness (QED) is 0.700. The second-order valence-electron chi connectivity index (χ2n) is 6.38. The molecule has 0 aliphatic carbocycles. The van der Waals surface area contributed by atoms with Crippen molar-refractivity contribution in [2.24, 2.45) is 0 Å². The van der Waals surface area contributed by atoms with E-state index in [1.807, 2.05) is 62.4 Å². The summed E-state index contributed by atoms with van der Waals surface area (Å²) in [6.45, 7) is 2.09. The largest absolute Gasteiger partial charge is 0.309 e. The summed E-state index contributed by atoms with van der Waals surface area (Å²) < 4.78 is 0. The number of benzene rings is 2. The Labute approximate surface area is 155 Å². The summed E-state index contributed by atoms with van der Waals surface area (Å²) in [5.41, 5.74) is 4.84. The van der Waals surface area contributed by atoms with Crippen LogP contribution < -0.4 is 10.8 Å². The average Bonchev–Trinajstić information content (AvgIpc) is 2.66. The molecule has 3 aromatic rings. The van der Waals surface area contributed by atoms with Gasteiger partial charge >= 0.3 is 0 Å². The number of hydrogen-bond donors (Lipinski definition) is 1. The Balaban J connectivity index is 1.78. The van der Waals surface area contributed by atoms with Crippen LogP contribution in [0.15, 0.2) is 60.8 Å². The molecule has 130 valence electrons. The van der Waals surface area contributed by atoms with Crippen LogP contribution >= 0.6 is 0 Å². The Hall–Kier alpha value is -2.95. The Morgan fingerprint density at radius 2 is 1.81 bits per heavy atom. The topological polar surface area (TPSA) is 54.9 Å². The number of rotatable bonds is 6. The molecule has 1 amide bonds. The first-order valence-electron chi connectivity index (χ1n) is 8.92. The third-order valence-corrected chi connectivity index (χ3v) is 4.14. The maximum atomic E-state index is 12.4. The van der Waals surface area contributed by atoms with Gasteiger partial charge in [0.05, 0.1) is 24.0 Å². The van der Waals surface area contributed by atoms with Gasteiger partial charge < -0.3 is 5.32 Å². The first-order chi connectivity index (χ1) is 12.7. The van der Waals surface area contributed by atoms with E-state index in [-0.39, 0.29) is 5.91 Å². The highest BCUT2D eigenvalue weighted by Gasteiger charge is 2.12. The molecule has 0 spiro atoms. The predicted molar refractivity (Wildman–Crippen MR) is 108 cm³/mol. The molecule has 0 saturated carbocycles. The Bertz CT molecular complexity index is 880. The standard InChI is InChI=1S/C21H22BN3O/c1-2-6-18-21(23-14-19(24-18)16-7-4-3-5-8-16)25-20(26)13-15-9-11-17(22)12-10-15/h3-5,7-12,14H,2,6,13,22H2,1H3,(H,23,25,26). The number of carbonyl (C=O) groups is 1. The van der Waals surface area contributed by atoms with Crippen molar-refractivity contribution in [2.75, 3.05) is 5.32 Å². The Kier molecular flexibility index (Phi) is 5.79. The fraction of sp³-hybridized carbons (Fsp3) is 0.190. The van der Waals surface area contributed by atoms with Crippen molar-refractivity contribution in [3.05, 3.63) is 72.1 Å². The Morgan fingerprint density at radius 1 is 1.08 bits per heavy atom. The minimum atomic E-state index is -0.0760. The third kappa shape index (κ3) is 4.57. The molecular formula is C21H22BN3O. The van der Waals surface area contributed by atoms with Crippen LogP contribution in [0, 0.1) is 0 Å². The van der Waals surface area contributed by atoms with Crippen LogP contribution in [0.4, 0.5) is 5.82 Å². The first-order valence-corrected chi connectivity index (χ1v) is 8.92. The van der Waals surface area contributed by atoms with Crippen LogP contribution in [-0.2, 0) is 17.6 Å². The van der Waals surface area contributed by atoms with Crippen molar-refractivity contribution in [3.63, 3.8) is 0 Å². The van der Waals surface area contributed by atoms with Gasteiger partial charge in [0.1, 0.15) is 7.85 Å². The summed E-state index contributed by atoms with van der Waals surface area (Å²) >= 11 is 0.